The van der Waals surface area contributed by atoms with E-state index in [0.29, 0.717) is 5.92 Å². The van der Waals surface area contributed by atoms with Crippen LogP contribution in [0, 0.1) is 5.92 Å². The predicted octanol–water partition coefficient (Wildman–Crippen LogP) is 5.18. The summed E-state index contributed by atoms with van der Waals surface area (Å²) in [5.41, 5.74) is 3.23. The first-order valence-electron chi connectivity index (χ1n) is 10.7. The van der Waals surface area contributed by atoms with Gasteiger partial charge < -0.3 is 10.1 Å². The van der Waals surface area contributed by atoms with Crippen LogP contribution in [0.25, 0.3) is 17.0 Å². The molecule has 1 saturated carbocycles. The summed E-state index contributed by atoms with van der Waals surface area (Å²) in [5.74, 6) is 0.527. The average Bonchev–Trinajstić information content (AvgIpc) is 3.13. The molecule has 164 valence electrons. The van der Waals surface area contributed by atoms with Crippen molar-refractivity contribution in [1.29, 1.82) is 0 Å². The van der Waals surface area contributed by atoms with Gasteiger partial charge in [-0.15, -0.1) is 0 Å². The first kappa shape index (κ1) is 21.7. The third-order valence-electron chi connectivity index (χ3n) is 5.53. The smallest absolute Gasteiger partial charge is 0.407 e. The van der Waals surface area contributed by atoms with Crippen molar-refractivity contribution in [3.8, 4) is 11.4 Å². The Morgan fingerprint density at radius 3 is 2.71 bits per heavy atom. The van der Waals surface area contributed by atoms with Gasteiger partial charge >= 0.3 is 6.09 Å². The molecule has 0 aromatic carbocycles. The van der Waals surface area contributed by atoms with Gasteiger partial charge in [0.15, 0.2) is 5.65 Å². The molecule has 1 aliphatic carbocycles. The van der Waals surface area contributed by atoms with Gasteiger partial charge in [-0.2, -0.15) is 0 Å². The maximum Gasteiger partial charge on any atom is 0.407 e. The third-order valence-corrected chi connectivity index (χ3v) is 5.97. The highest BCUT2D eigenvalue weighted by molar-refractivity contribution is 9.10. The van der Waals surface area contributed by atoms with Gasteiger partial charge in [-0.1, -0.05) is 6.07 Å². The van der Waals surface area contributed by atoms with E-state index in [2.05, 4.69) is 40.6 Å². The Balaban J connectivity index is 1.41. The zero-order valence-corrected chi connectivity index (χ0v) is 19.7. The molecule has 0 unspecified atom stereocenters. The number of nitrogens with one attached hydrogen (secondary N) is 1. The molecule has 0 bridgehead atoms. The number of alkyl carbamates (subject to hydrolysis) is 1. The number of halogens is 1. The summed E-state index contributed by atoms with van der Waals surface area (Å²) in [6.07, 6.45) is 10.2. The number of amides is 1. The molecule has 0 aliphatic heterocycles. The second-order valence-corrected chi connectivity index (χ2v) is 9.94. The van der Waals surface area contributed by atoms with Crippen LogP contribution in [0.2, 0.25) is 0 Å². The lowest BCUT2D eigenvalue weighted by Gasteiger charge is -2.30. The molecule has 0 atom stereocenters. The molecule has 1 aliphatic rings. The molecule has 1 N–H and O–H groups in total. The number of carbonyl (C=O) groups excluding carboxylic acids is 1. The van der Waals surface area contributed by atoms with E-state index >= 15 is 0 Å². The molecule has 0 saturated heterocycles. The standard InChI is InChI=1S/C23H28BrN5O2/c1-23(2,3)31-22(30)27-16-9-7-15(8-10-16)13-18-21-26-14-19(29(21)12-11-25-18)17-5-4-6-20(24)28-17/h4-6,11-12,14-16H,7-10,13H2,1-3H3,(H,27,30). The van der Waals surface area contributed by atoms with Crippen LogP contribution in [0.5, 0.6) is 0 Å². The average molecular weight is 486 g/mol. The Kier molecular flexibility index (Phi) is 6.27. The van der Waals surface area contributed by atoms with Crippen LogP contribution in [0.4, 0.5) is 4.79 Å². The van der Waals surface area contributed by atoms with Crippen molar-refractivity contribution >= 4 is 27.7 Å². The normalized spacial score (nSPS) is 19.4. The number of hydrogen-bond acceptors (Lipinski definition) is 5. The van der Waals surface area contributed by atoms with E-state index in [1.807, 2.05) is 57.6 Å². The molecule has 0 radical (unpaired) electrons. The van der Waals surface area contributed by atoms with Crippen molar-refractivity contribution in [2.45, 2.75) is 64.5 Å². The molecular weight excluding hydrogens is 458 g/mol. The van der Waals surface area contributed by atoms with Gasteiger partial charge in [0, 0.05) is 18.4 Å². The Bertz CT molecular complexity index is 1070. The van der Waals surface area contributed by atoms with E-state index in [-0.39, 0.29) is 12.1 Å². The summed E-state index contributed by atoms with van der Waals surface area (Å²) >= 11 is 3.44. The highest BCUT2D eigenvalue weighted by Crippen LogP contribution is 2.29. The highest BCUT2D eigenvalue weighted by atomic mass is 79.9. The van der Waals surface area contributed by atoms with Crippen LogP contribution in [-0.4, -0.2) is 37.1 Å². The molecule has 3 aromatic rings. The minimum absolute atomic E-state index is 0.176. The topological polar surface area (TPSA) is 81.4 Å². The zero-order chi connectivity index (χ0) is 22.0. The maximum absolute atomic E-state index is 12.0. The molecule has 0 spiro atoms. The Morgan fingerprint density at radius 1 is 1.23 bits per heavy atom. The van der Waals surface area contributed by atoms with Crippen molar-refractivity contribution in [3.05, 3.63) is 47.1 Å². The molecule has 4 rings (SSSR count). The maximum atomic E-state index is 12.0. The number of nitrogens with zero attached hydrogens (tertiary/aromatic N) is 4. The van der Waals surface area contributed by atoms with E-state index < -0.39 is 5.60 Å². The predicted molar refractivity (Wildman–Crippen MR) is 123 cm³/mol. The molecule has 3 aromatic heterocycles. The number of fused-ring (bicyclic) bond motifs is 1. The number of imidazole rings is 1. The third kappa shape index (κ3) is 5.42. The minimum Gasteiger partial charge on any atom is -0.444 e. The minimum atomic E-state index is -0.472. The number of pyridine rings is 1. The molecule has 3 heterocycles. The van der Waals surface area contributed by atoms with Crippen molar-refractivity contribution in [3.63, 3.8) is 0 Å². The van der Waals surface area contributed by atoms with Gasteiger partial charge in [0.05, 0.1) is 23.3 Å². The quantitative estimate of drug-likeness (QED) is 0.514. The summed E-state index contributed by atoms with van der Waals surface area (Å²) in [5, 5.41) is 3.01. The summed E-state index contributed by atoms with van der Waals surface area (Å²) in [4.78, 5) is 25.9. The van der Waals surface area contributed by atoms with Gasteiger partial charge in [-0.3, -0.25) is 9.38 Å². The van der Waals surface area contributed by atoms with Crippen molar-refractivity contribution < 1.29 is 9.53 Å². The second kappa shape index (κ2) is 8.94. The lowest BCUT2D eigenvalue weighted by atomic mass is 9.83. The number of rotatable bonds is 4. The molecule has 7 nitrogen and oxygen atoms in total. The van der Waals surface area contributed by atoms with E-state index in [4.69, 9.17) is 4.74 Å². The van der Waals surface area contributed by atoms with Crippen molar-refractivity contribution in [2.24, 2.45) is 5.92 Å². The highest BCUT2D eigenvalue weighted by Gasteiger charge is 2.26. The lowest BCUT2D eigenvalue weighted by Crippen LogP contribution is -2.41. The fourth-order valence-corrected chi connectivity index (χ4v) is 4.46. The van der Waals surface area contributed by atoms with Crippen LogP contribution >= 0.6 is 15.9 Å². The van der Waals surface area contributed by atoms with Crippen molar-refractivity contribution in [1.82, 2.24) is 24.7 Å². The van der Waals surface area contributed by atoms with Crippen LogP contribution in [0.15, 0.2) is 41.4 Å². The van der Waals surface area contributed by atoms with Gasteiger partial charge in [0.25, 0.3) is 0 Å². The van der Waals surface area contributed by atoms with E-state index in [1.165, 1.54) is 0 Å². The molecule has 1 amide bonds. The van der Waals surface area contributed by atoms with Crippen LogP contribution in [-0.2, 0) is 11.2 Å². The Labute approximate surface area is 190 Å². The van der Waals surface area contributed by atoms with Gasteiger partial charge in [0.2, 0.25) is 0 Å². The van der Waals surface area contributed by atoms with Gasteiger partial charge in [-0.25, -0.2) is 14.8 Å². The fourth-order valence-electron chi connectivity index (χ4n) is 4.12. The Hall–Kier alpha value is -2.48. The largest absolute Gasteiger partial charge is 0.444 e. The van der Waals surface area contributed by atoms with E-state index in [0.717, 1.165) is 59.4 Å². The molecule has 8 heteroatoms. The summed E-state index contributed by atoms with van der Waals surface area (Å²) in [6.45, 7) is 5.64. The first-order valence-corrected chi connectivity index (χ1v) is 11.5. The monoisotopic (exact) mass is 485 g/mol. The van der Waals surface area contributed by atoms with Crippen LogP contribution in [0.3, 0.4) is 0 Å². The SMILES string of the molecule is CC(C)(C)OC(=O)NC1CCC(Cc2nccn3c(-c4cccc(Br)n4)cnc23)CC1. The second-order valence-electron chi connectivity index (χ2n) is 9.12. The number of aromatic nitrogens is 4. The number of hydrogen-bond donors (Lipinski definition) is 1. The molecule has 1 fully saturated rings. The fraction of sp³-hybridized carbons (Fsp3) is 0.478. The van der Waals surface area contributed by atoms with Gasteiger partial charge in [-0.05, 0) is 86.9 Å². The van der Waals surface area contributed by atoms with Crippen LogP contribution < -0.4 is 5.32 Å². The number of ether oxygens (including phenoxy) is 1. The molecular formula is C23H28BrN5O2. The number of carbonyl (C=O) groups is 1. The summed E-state index contributed by atoms with van der Waals surface area (Å²) in [6, 6.07) is 6.04. The summed E-state index contributed by atoms with van der Waals surface area (Å²) in [7, 11) is 0. The van der Waals surface area contributed by atoms with E-state index in [1.54, 1.807) is 0 Å². The zero-order valence-electron chi connectivity index (χ0n) is 18.1. The van der Waals surface area contributed by atoms with Crippen molar-refractivity contribution in [2.75, 3.05) is 0 Å². The molecule has 31 heavy (non-hydrogen) atoms. The van der Waals surface area contributed by atoms with Gasteiger partial charge in [0.1, 0.15) is 10.2 Å². The lowest BCUT2D eigenvalue weighted by molar-refractivity contribution is 0.0487. The Morgan fingerprint density at radius 2 is 2.00 bits per heavy atom. The van der Waals surface area contributed by atoms with E-state index in [9.17, 15) is 4.79 Å². The summed E-state index contributed by atoms with van der Waals surface area (Å²) < 4.78 is 8.24. The van der Waals surface area contributed by atoms with Crippen LogP contribution in [0.1, 0.15) is 52.1 Å². The first-order chi connectivity index (χ1) is 14.8.